The van der Waals surface area contributed by atoms with Gasteiger partial charge in [-0.25, -0.2) is 8.78 Å². The van der Waals surface area contributed by atoms with Gasteiger partial charge in [0.05, 0.1) is 0 Å². The zero-order valence-electron chi connectivity index (χ0n) is 12.5. The number of carbonyl (C=O) groups is 2. The molecule has 1 amide bonds. The van der Waals surface area contributed by atoms with Gasteiger partial charge in [-0.2, -0.15) is 0 Å². The molecule has 8 heteroatoms. The Morgan fingerprint density at radius 1 is 1.25 bits per heavy atom. The van der Waals surface area contributed by atoms with Crippen molar-refractivity contribution in [2.24, 2.45) is 0 Å². The number of fused-ring (bicyclic) bond motifs is 1. The molecule has 0 unspecified atom stereocenters. The Bertz CT molecular complexity index is 779. The molecule has 0 aliphatic heterocycles. The highest BCUT2D eigenvalue weighted by molar-refractivity contribution is 9.10. The van der Waals surface area contributed by atoms with Crippen LogP contribution < -0.4 is 5.32 Å². The van der Waals surface area contributed by atoms with Crippen LogP contribution in [0.3, 0.4) is 0 Å². The predicted octanol–water partition coefficient (Wildman–Crippen LogP) is 4.00. The van der Waals surface area contributed by atoms with Gasteiger partial charge in [-0.15, -0.1) is 0 Å². The number of halogens is 3. The van der Waals surface area contributed by atoms with Crippen molar-refractivity contribution >= 4 is 39.3 Å². The van der Waals surface area contributed by atoms with Crippen LogP contribution in [0.1, 0.15) is 36.2 Å². The Morgan fingerprint density at radius 2 is 1.96 bits per heavy atom. The summed E-state index contributed by atoms with van der Waals surface area (Å²) in [7, 11) is 0. The van der Waals surface area contributed by atoms with E-state index in [-0.39, 0.29) is 25.1 Å². The third-order valence-electron chi connectivity index (χ3n) is 4.11. The molecule has 1 saturated carbocycles. The smallest absolute Gasteiger partial charge is 0.295 e. The first-order chi connectivity index (χ1) is 11.3. The molecule has 0 saturated heterocycles. The second-order valence-corrected chi connectivity index (χ2v) is 6.73. The molecule has 1 aromatic heterocycles. The number of benzene rings is 1. The van der Waals surface area contributed by atoms with Gasteiger partial charge < -0.3 is 14.5 Å². The lowest BCUT2D eigenvalue weighted by molar-refractivity contribution is -0.162. The molecule has 3 rings (SSSR count). The summed E-state index contributed by atoms with van der Waals surface area (Å²) in [6.07, 6.45) is -1.24. The van der Waals surface area contributed by atoms with Crippen molar-refractivity contribution in [3.05, 3.63) is 34.5 Å². The maximum Gasteiger partial charge on any atom is 0.295 e. The predicted molar refractivity (Wildman–Crippen MR) is 84.7 cm³/mol. The second-order valence-electron chi connectivity index (χ2n) is 5.81. The van der Waals surface area contributed by atoms with Crippen LogP contribution in [0.25, 0.3) is 11.0 Å². The molecule has 24 heavy (non-hydrogen) atoms. The molecule has 1 fully saturated rings. The van der Waals surface area contributed by atoms with Crippen LogP contribution in [-0.4, -0.2) is 24.0 Å². The lowest BCUT2D eigenvalue weighted by Crippen LogP contribution is -2.54. The van der Waals surface area contributed by atoms with E-state index in [0.717, 1.165) is 9.86 Å². The average Bonchev–Trinajstić information content (AvgIpc) is 2.94. The maximum absolute atomic E-state index is 13.3. The average molecular weight is 402 g/mol. The topological polar surface area (TPSA) is 68.5 Å². The van der Waals surface area contributed by atoms with E-state index in [1.807, 2.05) is 0 Å². The van der Waals surface area contributed by atoms with E-state index < -0.39 is 30.4 Å². The summed E-state index contributed by atoms with van der Waals surface area (Å²) < 4.78 is 37.9. The van der Waals surface area contributed by atoms with Crippen LogP contribution in [0.5, 0.6) is 0 Å². The lowest BCUT2D eigenvalue weighted by Gasteiger charge is -2.38. The highest BCUT2D eigenvalue weighted by atomic mass is 79.9. The summed E-state index contributed by atoms with van der Waals surface area (Å²) >= 11 is 3.31. The quantitative estimate of drug-likeness (QED) is 0.620. The SMILES string of the molecule is O=COC1(NC(=O)c2cc3ccc(Br)cc3o2)CCC(F)(F)CC1. The van der Waals surface area contributed by atoms with Gasteiger partial charge in [0, 0.05) is 35.5 Å². The summed E-state index contributed by atoms with van der Waals surface area (Å²) in [4.78, 5) is 23.2. The van der Waals surface area contributed by atoms with Crippen LogP contribution in [0.4, 0.5) is 8.78 Å². The normalized spacial score (nSPS) is 19.0. The van der Waals surface area contributed by atoms with Crippen LogP contribution in [0.2, 0.25) is 0 Å². The number of nitrogens with one attached hydrogen (secondary N) is 1. The lowest BCUT2D eigenvalue weighted by atomic mass is 9.88. The minimum Gasteiger partial charge on any atom is -0.451 e. The molecule has 1 aliphatic carbocycles. The summed E-state index contributed by atoms with van der Waals surface area (Å²) in [6, 6.07) is 6.84. The van der Waals surface area contributed by atoms with Crippen molar-refractivity contribution in [2.45, 2.75) is 37.3 Å². The summed E-state index contributed by atoms with van der Waals surface area (Å²) in [5, 5.41) is 3.26. The number of ether oxygens (including phenoxy) is 1. The molecular formula is C16H14BrF2NO4. The van der Waals surface area contributed by atoms with Crippen molar-refractivity contribution < 1.29 is 27.5 Å². The number of hydrogen-bond donors (Lipinski definition) is 1. The Morgan fingerprint density at radius 3 is 2.62 bits per heavy atom. The van der Waals surface area contributed by atoms with Crippen molar-refractivity contribution in [1.29, 1.82) is 0 Å². The van der Waals surface area contributed by atoms with E-state index in [2.05, 4.69) is 21.2 Å². The van der Waals surface area contributed by atoms with E-state index in [9.17, 15) is 18.4 Å². The number of carbonyl (C=O) groups excluding carboxylic acids is 2. The molecule has 2 aromatic rings. The van der Waals surface area contributed by atoms with Gasteiger partial charge in [0.2, 0.25) is 5.92 Å². The first kappa shape index (κ1) is 16.9. The molecule has 0 radical (unpaired) electrons. The van der Waals surface area contributed by atoms with Crippen LogP contribution in [-0.2, 0) is 9.53 Å². The van der Waals surface area contributed by atoms with E-state index in [1.54, 1.807) is 24.3 Å². The maximum atomic E-state index is 13.3. The Hall–Kier alpha value is -1.96. The third-order valence-corrected chi connectivity index (χ3v) is 4.60. The van der Waals surface area contributed by atoms with Gasteiger partial charge >= 0.3 is 0 Å². The minimum atomic E-state index is -2.81. The third kappa shape index (κ3) is 3.43. The fraction of sp³-hybridized carbons (Fsp3) is 0.375. The first-order valence-electron chi connectivity index (χ1n) is 7.33. The molecule has 1 N–H and O–H groups in total. The number of rotatable bonds is 4. The molecule has 0 atom stereocenters. The highest BCUT2D eigenvalue weighted by Crippen LogP contribution is 2.39. The number of alkyl halides is 2. The van der Waals surface area contributed by atoms with Gasteiger partial charge in [-0.05, 0) is 24.3 Å². The Kier molecular flexibility index (Phi) is 4.33. The van der Waals surface area contributed by atoms with Gasteiger partial charge in [0.25, 0.3) is 12.4 Å². The number of furan rings is 1. The zero-order valence-corrected chi connectivity index (χ0v) is 14.1. The van der Waals surface area contributed by atoms with Crippen molar-refractivity contribution in [2.75, 3.05) is 0 Å². The molecule has 5 nitrogen and oxygen atoms in total. The molecule has 128 valence electrons. The first-order valence-corrected chi connectivity index (χ1v) is 8.13. The monoisotopic (exact) mass is 401 g/mol. The largest absolute Gasteiger partial charge is 0.451 e. The Labute approximate surface area is 144 Å². The highest BCUT2D eigenvalue weighted by Gasteiger charge is 2.46. The molecule has 0 bridgehead atoms. The van der Waals surface area contributed by atoms with Crippen LogP contribution in [0, 0.1) is 0 Å². The fourth-order valence-electron chi connectivity index (χ4n) is 2.77. The van der Waals surface area contributed by atoms with Gasteiger partial charge in [0.15, 0.2) is 11.5 Å². The Balaban J connectivity index is 1.81. The van der Waals surface area contributed by atoms with E-state index >= 15 is 0 Å². The second kappa shape index (κ2) is 6.16. The van der Waals surface area contributed by atoms with Crippen molar-refractivity contribution in [1.82, 2.24) is 5.32 Å². The number of amides is 1. The molecule has 0 spiro atoms. The molecular weight excluding hydrogens is 388 g/mol. The number of hydrogen-bond acceptors (Lipinski definition) is 4. The van der Waals surface area contributed by atoms with Crippen molar-refractivity contribution in [3.8, 4) is 0 Å². The van der Waals surface area contributed by atoms with E-state index in [4.69, 9.17) is 9.15 Å². The summed E-state index contributed by atoms with van der Waals surface area (Å²) in [6.45, 7) is 0.166. The fourth-order valence-corrected chi connectivity index (χ4v) is 3.11. The summed E-state index contributed by atoms with van der Waals surface area (Å²) in [5.74, 6) is -3.41. The van der Waals surface area contributed by atoms with Gasteiger partial charge in [-0.3, -0.25) is 9.59 Å². The van der Waals surface area contributed by atoms with E-state index in [1.165, 1.54) is 0 Å². The van der Waals surface area contributed by atoms with Gasteiger partial charge in [-0.1, -0.05) is 15.9 Å². The molecule has 1 heterocycles. The van der Waals surface area contributed by atoms with Crippen molar-refractivity contribution in [3.63, 3.8) is 0 Å². The van der Waals surface area contributed by atoms with Gasteiger partial charge in [0.1, 0.15) is 5.58 Å². The molecule has 1 aromatic carbocycles. The standard InChI is InChI=1S/C16H14BrF2NO4/c17-11-2-1-10-7-13(24-12(10)8-11)14(22)20-16(23-9-21)5-3-15(18,19)4-6-16/h1-2,7-9H,3-6H2,(H,20,22). The minimum absolute atomic E-state index is 0.0225. The summed E-state index contributed by atoms with van der Waals surface area (Å²) in [5.41, 5.74) is -0.921. The zero-order chi connectivity index (χ0) is 17.4. The van der Waals surface area contributed by atoms with E-state index in [0.29, 0.717) is 5.58 Å². The van der Waals surface area contributed by atoms with Crippen LogP contribution in [0.15, 0.2) is 33.2 Å². The molecule has 1 aliphatic rings. The van der Waals surface area contributed by atoms with Crippen LogP contribution >= 0.6 is 15.9 Å².